The van der Waals surface area contributed by atoms with Crippen molar-refractivity contribution < 1.29 is 19.2 Å². The Bertz CT molecular complexity index is 576. The van der Waals surface area contributed by atoms with Gasteiger partial charge in [-0.1, -0.05) is 6.07 Å². The number of benzene rings is 1. The average Bonchev–Trinajstić information content (AvgIpc) is 2.38. The van der Waals surface area contributed by atoms with Crippen LogP contribution in [-0.4, -0.2) is 23.4 Å². The smallest absolute Gasteiger partial charge is 0.397 e. The molecule has 0 aromatic heterocycles. The molecule has 0 saturated heterocycles. The molecule has 1 amide bonds. The third kappa shape index (κ3) is 3.26. The molecule has 0 saturated carbocycles. The maximum Gasteiger partial charge on any atom is 0.397 e. The molecule has 1 N–H and O–H groups in total. The summed E-state index contributed by atoms with van der Waals surface area (Å²) in [5, 5.41) is 21.7. The van der Waals surface area contributed by atoms with Crippen molar-refractivity contribution in [3.8, 4) is 6.07 Å². The van der Waals surface area contributed by atoms with E-state index in [2.05, 4.69) is 10.1 Å². The number of esters is 1. The summed E-state index contributed by atoms with van der Waals surface area (Å²) in [6.07, 6.45) is 0. The lowest BCUT2D eigenvalue weighted by atomic mass is 10.1. The summed E-state index contributed by atoms with van der Waals surface area (Å²) in [4.78, 5) is 32.5. The minimum atomic E-state index is -1.13. The fourth-order valence-corrected chi connectivity index (χ4v) is 1.28. The highest BCUT2D eigenvalue weighted by molar-refractivity contribution is 6.37. The van der Waals surface area contributed by atoms with Crippen LogP contribution in [0.5, 0.6) is 0 Å². The van der Waals surface area contributed by atoms with E-state index in [4.69, 9.17) is 5.26 Å². The van der Waals surface area contributed by atoms with E-state index in [1.807, 2.05) is 0 Å². The molecule has 0 atom stereocenters. The number of nitro benzene ring substituents is 1. The molecule has 1 aromatic rings. The Labute approximate surface area is 107 Å². The Balaban J connectivity index is 3.06. The highest BCUT2D eigenvalue weighted by Crippen LogP contribution is 2.25. The number of nitriles is 1. The number of carbonyl (C=O) groups excluding carboxylic acids is 2. The van der Waals surface area contributed by atoms with Gasteiger partial charge in [-0.25, -0.2) is 4.79 Å². The maximum absolute atomic E-state index is 11.4. The lowest BCUT2D eigenvalue weighted by Gasteiger charge is -2.06. The summed E-state index contributed by atoms with van der Waals surface area (Å²) in [6.45, 7) is 1.55. The first-order valence-electron chi connectivity index (χ1n) is 5.16. The number of nitrogens with one attached hydrogen (secondary N) is 1. The van der Waals surface area contributed by atoms with E-state index in [9.17, 15) is 19.7 Å². The second-order valence-corrected chi connectivity index (χ2v) is 3.24. The van der Waals surface area contributed by atoms with Crippen LogP contribution < -0.4 is 5.32 Å². The van der Waals surface area contributed by atoms with Crippen LogP contribution in [0.25, 0.3) is 0 Å². The Kier molecular flexibility index (Phi) is 4.54. The minimum Gasteiger partial charge on any atom is -0.459 e. The molecule has 0 aliphatic rings. The van der Waals surface area contributed by atoms with Gasteiger partial charge in [-0.2, -0.15) is 5.26 Å². The van der Waals surface area contributed by atoms with Gasteiger partial charge in [-0.3, -0.25) is 14.9 Å². The van der Waals surface area contributed by atoms with Crippen molar-refractivity contribution in [2.45, 2.75) is 6.92 Å². The van der Waals surface area contributed by atoms with Gasteiger partial charge in [0.25, 0.3) is 5.69 Å². The van der Waals surface area contributed by atoms with Crippen molar-refractivity contribution in [2.75, 3.05) is 11.9 Å². The summed E-state index contributed by atoms with van der Waals surface area (Å²) in [6, 6.07) is 5.31. The molecule has 0 spiro atoms. The lowest BCUT2D eigenvalue weighted by Crippen LogP contribution is -2.25. The molecule has 0 unspecified atom stereocenters. The van der Waals surface area contributed by atoms with E-state index in [1.54, 1.807) is 6.07 Å². The largest absolute Gasteiger partial charge is 0.459 e. The second kappa shape index (κ2) is 6.11. The number of carbonyl (C=O) groups is 2. The monoisotopic (exact) mass is 263 g/mol. The van der Waals surface area contributed by atoms with Crippen LogP contribution in [0, 0.1) is 21.4 Å². The van der Waals surface area contributed by atoms with Gasteiger partial charge in [0.1, 0.15) is 6.07 Å². The fraction of sp³-hybridized carbons (Fsp3) is 0.182. The molecule has 0 heterocycles. The van der Waals surface area contributed by atoms with Crippen LogP contribution in [-0.2, 0) is 14.3 Å². The van der Waals surface area contributed by atoms with Crippen molar-refractivity contribution in [3.63, 3.8) is 0 Å². The Morgan fingerprint density at radius 3 is 2.74 bits per heavy atom. The predicted molar refractivity (Wildman–Crippen MR) is 63.1 cm³/mol. The second-order valence-electron chi connectivity index (χ2n) is 3.24. The van der Waals surface area contributed by atoms with Crippen molar-refractivity contribution in [2.24, 2.45) is 0 Å². The summed E-state index contributed by atoms with van der Waals surface area (Å²) in [5.74, 6) is -2.23. The highest BCUT2D eigenvalue weighted by Gasteiger charge is 2.21. The molecule has 0 radical (unpaired) electrons. The predicted octanol–water partition coefficient (Wildman–Crippen LogP) is 0.968. The first kappa shape index (κ1) is 14.1. The Hall–Kier alpha value is -2.95. The third-order valence-corrected chi connectivity index (χ3v) is 2.06. The normalized spacial score (nSPS) is 9.26. The van der Waals surface area contributed by atoms with Gasteiger partial charge < -0.3 is 10.1 Å². The van der Waals surface area contributed by atoms with Crippen molar-refractivity contribution in [3.05, 3.63) is 33.9 Å². The van der Waals surface area contributed by atoms with Gasteiger partial charge >= 0.3 is 11.9 Å². The van der Waals surface area contributed by atoms with E-state index < -0.39 is 22.5 Å². The molecule has 98 valence electrons. The van der Waals surface area contributed by atoms with Gasteiger partial charge in [0.05, 0.1) is 17.2 Å². The Morgan fingerprint density at radius 2 is 2.21 bits per heavy atom. The van der Waals surface area contributed by atoms with Crippen molar-refractivity contribution in [1.82, 2.24) is 0 Å². The number of rotatable bonds is 3. The zero-order chi connectivity index (χ0) is 14.4. The van der Waals surface area contributed by atoms with Gasteiger partial charge in [-0.15, -0.1) is 0 Å². The quantitative estimate of drug-likeness (QED) is 0.375. The molecule has 1 aromatic carbocycles. The van der Waals surface area contributed by atoms with E-state index in [-0.39, 0.29) is 17.9 Å². The first-order valence-corrected chi connectivity index (χ1v) is 5.16. The first-order chi connectivity index (χ1) is 9.01. The van der Waals surface area contributed by atoms with Crippen molar-refractivity contribution >= 4 is 23.3 Å². The maximum atomic E-state index is 11.4. The zero-order valence-electron chi connectivity index (χ0n) is 9.87. The molecule has 0 aliphatic carbocycles. The molecule has 0 fully saturated rings. The minimum absolute atomic E-state index is 0.0201. The van der Waals surface area contributed by atoms with E-state index in [0.29, 0.717) is 0 Å². The zero-order valence-corrected chi connectivity index (χ0v) is 9.87. The number of amides is 1. The van der Waals surface area contributed by atoms with Gasteiger partial charge in [0, 0.05) is 6.07 Å². The van der Waals surface area contributed by atoms with E-state index in [0.717, 1.165) is 6.07 Å². The van der Waals surface area contributed by atoms with E-state index in [1.165, 1.54) is 19.1 Å². The molecule has 19 heavy (non-hydrogen) atoms. The summed E-state index contributed by atoms with van der Waals surface area (Å²) >= 11 is 0. The lowest BCUT2D eigenvalue weighted by molar-refractivity contribution is -0.385. The number of hydrogen-bond donors (Lipinski definition) is 1. The highest BCUT2D eigenvalue weighted by atomic mass is 16.6. The number of hydrogen-bond acceptors (Lipinski definition) is 6. The Morgan fingerprint density at radius 1 is 1.53 bits per heavy atom. The summed E-state index contributed by atoms with van der Waals surface area (Å²) in [7, 11) is 0. The standard InChI is InChI=1S/C11H9N3O5/c1-2-19-11(16)10(15)13-8-4-3-5-9(14(17)18)7(8)6-12/h3-5H,2H2,1H3,(H,13,15). The SMILES string of the molecule is CCOC(=O)C(=O)Nc1cccc([N+](=O)[O-])c1C#N. The number of nitrogens with zero attached hydrogens (tertiary/aromatic N) is 2. The van der Waals surface area contributed by atoms with Crippen molar-refractivity contribution in [1.29, 1.82) is 5.26 Å². The number of nitro groups is 1. The molecular formula is C11H9N3O5. The van der Waals surface area contributed by atoms with Gasteiger partial charge in [0.2, 0.25) is 0 Å². The van der Waals surface area contributed by atoms with E-state index >= 15 is 0 Å². The molecule has 0 aliphatic heterocycles. The van der Waals surface area contributed by atoms with Crippen LogP contribution in [0.1, 0.15) is 12.5 Å². The van der Waals surface area contributed by atoms with Crippen LogP contribution in [0.4, 0.5) is 11.4 Å². The third-order valence-electron chi connectivity index (χ3n) is 2.06. The molecule has 0 bridgehead atoms. The molecular weight excluding hydrogens is 254 g/mol. The molecule has 8 heteroatoms. The summed E-state index contributed by atoms with van der Waals surface area (Å²) < 4.78 is 4.46. The van der Waals surface area contributed by atoms with Crippen LogP contribution in [0.2, 0.25) is 0 Å². The topological polar surface area (TPSA) is 122 Å². The average molecular weight is 263 g/mol. The van der Waals surface area contributed by atoms with Gasteiger partial charge in [-0.05, 0) is 13.0 Å². The fourth-order valence-electron chi connectivity index (χ4n) is 1.28. The van der Waals surface area contributed by atoms with Crippen LogP contribution in [0.3, 0.4) is 0 Å². The molecule has 1 rings (SSSR count). The number of ether oxygens (including phenoxy) is 1. The summed E-state index contributed by atoms with van der Waals surface area (Å²) in [5.41, 5.74) is -0.899. The van der Waals surface area contributed by atoms with Crippen LogP contribution in [0.15, 0.2) is 18.2 Å². The number of anilines is 1. The van der Waals surface area contributed by atoms with Gasteiger partial charge in [0.15, 0.2) is 5.56 Å². The molecule has 8 nitrogen and oxygen atoms in total. The van der Waals surface area contributed by atoms with Crippen LogP contribution >= 0.6 is 0 Å².